The molecular formula is C15H26NO+. The molecule has 0 atom stereocenters. The van der Waals surface area contributed by atoms with Crippen LogP contribution >= 0.6 is 0 Å². The van der Waals surface area contributed by atoms with Crippen molar-refractivity contribution in [3.63, 3.8) is 0 Å². The summed E-state index contributed by atoms with van der Waals surface area (Å²) in [5.41, 5.74) is 1.36. The molecule has 0 saturated carbocycles. The van der Waals surface area contributed by atoms with Crippen molar-refractivity contribution in [3.8, 4) is 5.75 Å². The monoisotopic (exact) mass is 236 g/mol. The molecule has 1 aromatic rings. The molecule has 0 aliphatic carbocycles. The van der Waals surface area contributed by atoms with Crippen LogP contribution in [-0.2, 0) is 6.42 Å². The zero-order valence-corrected chi connectivity index (χ0v) is 11.7. The fourth-order valence-electron chi connectivity index (χ4n) is 1.70. The lowest BCUT2D eigenvalue weighted by Gasteiger charge is -2.23. The summed E-state index contributed by atoms with van der Waals surface area (Å²) in [7, 11) is 6.68. The molecule has 0 aromatic heterocycles. The molecule has 0 bridgehead atoms. The number of benzene rings is 1. The zero-order chi connectivity index (χ0) is 12.7. The van der Waals surface area contributed by atoms with Crippen LogP contribution in [0.15, 0.2) is 24.3 Å². The van der Waals surface area contributed by atoms with Crippen LogP contribution in [0, 0.1) is 0 Å². The first-order valence-corrected chi connectivity index (χ1v) is 6.53. The number of ether oxygens (including phenoxy) is 1. The van der Waals surface area contributed by atoms with Crippen molar-refractivity contribution < 1.29 is 9.22 Å². The smallest absolute Gasteiger partial charge is 0.119 e. The van der Waals surface area contributed by atoms with E-state index in [1.54, 1.807) is 0 Å². The summed E-state index contributed by atoms with van der Waals surface area (Å²) in [6.07, 6.45) is 3.44. The van der Waals surface area contributed by atoms with E-state index in [0.29, 0.717) is 0 Å². The molecule has 2 nitrogen and oxygen atoms in total. The molecule has 2 heteroatoms. The van der Waals surface area contributed by atoms with Crippen molar-refractivity contribution in [2.24, 2.45) is 0 Å². The number of unbranched alkanes of at least 4 members (excludes halogenated alkanes) is 1. The van der Waals surface area contributed by atoms with Crippen molar-refractivity contribution in [1.29, 1.82) is 0 Å². The van der Waals surface area contributed by atoms with Crippen LogP contribution in [0.3, 0.4) is 0 Å². The molecule has 0 fully saturated rings. The Labute approximate surface area is 106 Å². The number of hydrogen-bond acceptors (Lipinski definition) is 1. The van der Waals surface area contributed by atoms with E-state index in [1.807, 2.05) is 0 Å². The van der Waals surface area contributed by atoms with E-state index < -0.39 is 0 Å². The van der Waals surface area contributed by atoms with Gasteiger partial charge >= 0.3 is 0 Å². The topological polar surface area (TPSA) is 9.23 Å². The molecule has 17 heavy (non-hydrogen) atoms. The van der Waals surface area contributed by atoms with E-state index in [1.165, 1.54) is 18.5 Å². The standard InChI is InChI=1S/C15H26NO/c1-5-14-8-10-15(11-9-14)17-13-7-6-12-16(2,3)4/h8-11H,5-7,12-13H2,1-4H3/q+1. The predicted molar refractivity (Wildman–Crippen MR) is 73.4 cm³/mol. The van der Waals surface area contributed by atoms with Gasteiger partial charge in [0.25, 0.3) is 0 Å². The summed E-state index contributed by atoms with van der Waals surface area (Å²) in [6.45, 7) is 4.20. The predicted octanol–water partition coefficient (Wildman–Crippen LogP) is 3.11. The number of hydrogen-bond donors (Lipinski definition) is 0. The van der Waals surface area contributed by atoms with E-state index in [0.717, 1.165) is 29.7 Å². The van der Waals surface area contributed by atoms with Crippen LogP contribution in [0.25, 0.3) is 0 Å². The number of nitrogens with zero attached hydrogens (tertiary/aromatic N) is 1. The number of quaternary nitrogens is 1. The molecule has 0 aliphatic heterocycles. The number of aryl methyl sites for hydroxylation is 1. The minimum Gasteiger partial charge on any atom is -0.494 e. The quantitative estimate of drug-likeness (QED) is 0.522. The Morgan fingerprint density at radius 1 is 1.00 bits per heavy atom. The maximum absolute atomic E-state index is 5.71. The molecule has 0 aliphatic rings. The first kappa shape index (κ1) is 14.0. The first-order valence-electron chi connectivity index (χ1n) is 6.53. The van der Waals surface area contributed by atoms with Crippen molar-refractivity contribution in [2.45, 2.75) is 26.2 Å². The molecule has 0 amide bonds. The van der Waals surface area contributed by atoms with Crippen LogP contribution in [0.1, 0.15) is 25.3 Å². The highest BCUT2D eigenvalue weighted by Gasteiger charge is 2.05. The molecule has 0 heterocycles. The molecular weight excluding hydrogens is 210 g/mol. The van der Waals surface area contributed by atoms with E-state index in [9.17, 15) is 0 Å². The third-order valence-corrected chi connectivity index (χ3v) is 2.82. The second-order valence-corrected chi connectivity index (χ2v) is 5.57. The van der Waals surface area contributed by atoms with E-state index in [-0.39, 0.29) is 0 Å². The summed E-state index contributed by atoms with van der Waals surface area (Å²) in [6, 6.07) is 8.42. The van der Waals surface area contributed by atoms with Crippen LogP contribution in [-0.4, -0.2) is 38.8 Å². The fraction of sp³-hybridized carbons (Fsp3) is 0.600. The van der Waals surface area contributed by atoms with Gasteiger partial charge in [-0.3, -0.25) is 0 Å². The van der Waals surface area contributed by atoms with Crippen LogP contribution in [0.5, 0.6) is 5.75 Å². The van der Waals surface area contributed by atoms with Gasteiger partial charge in [-0.15, -0.1) is 0 Å². The highest BCUT2D eigenvalue weighted by Crippen LogP contribution is 2.13. The van der Waals surface area contributed by atoms with Gasteiger partial charge in [0.05, 0.1) is 34.3 Å². The Balaban J connectivity index is 2.18. The minimum absolute atomic E-state index is 0.825. The zero-order valence-electron chi connectivity index (χ0n) is 11.7. The van der Waals surface area contributed by atoms with Crippen LogP contribution in [0.4, 0.5) is 0 Å². The Morgan fingerprint density at radius 2 is 1.65 bits per heavy atom. The number of rotatable bonds is 7. The summed E-state index contributed by atoms with van der Waals surface area (Å²) >= 11 is 0. The maximum Gasteiger partial charge on any atom is 0.119 e. The van der Waals surface area contributed by atoms with Crippen molar-refractivity contribution in [1.82, 2.24) is 0 Å². The summed E-state index contributed by atoms with van der Waals surface area (Å²) < 4.78 is 6.75. The maximum atomic E-state index is 5.71. The largest absolute Gasteiger partial charge is 0.494 e. The lowest BCUT2D eigenvalue weighted by atomic mass is 10.2. The Hall–Kier alpha value is -1.02. The molecule has 0 N–H and O–H groups in total. The Kier molecular flexibility index (Phi) is 5.49. The molecule has 0 radical (unpaired) electrons. The minimum atomic E-state index is 0.825. The van der Waals surface area contributed by atoms with Gasteiger partial charge in [0.15, 0.2) is 0 Å². The summed E-state index contributed by atoms with van der Waals surface area (Å²) in [5, 5.41) is 0. The molecule has 0 unspecified atom stereocenters. The van der Waals surface area contributed by atoms with E-state index in [2.05, 4.69) is 52.3 Å². The highest BCUT2D eigenvalue weighted by atomic mass is 16.5. The summed E-state index contributed by atoms with van der Waals surface area (Å²) in [4.78, 5) is 0. The third kappa shape index (κ3) is 6.32. The molecule has 1 rings (SSSR count). The lowest BCUT2D eigenvalue weighted by molar-refractivity contribution is -0.870. The average molecular weight is 236 g/mol. The van der Waals surface area contributed by atoms with Gasteiger partial charge in [0.2, 0.25) is 0 Å². The fourth-order valence-corrected chi connectivity index (χ4v) is 1.70. The highest BCUT2D eigenvalue weighted by molar-refractivity contribution is 5.27. The normalized spacial score (nSPS) is 11.5. The average Bonchev–Trinajstić information content (AvgIpc) is 2.28. The van der Waals surface area contributed by atoms with Crippen LogP contribution in [0.2, 0.25) is 0 Å². The summed E-state index contributed by atoms with van der Waals surface area (Å²) in [5.74, 6) is 0.993. The lowest BCUT2D eigenvalue weighted by Crippen LogP contribution is -2.35. The molecule has 96 valence electrons. The van der Waals surface area contributed by atoms with Crippen molar-refractivity contribution in [2.75, 3.05) is 34.3 Å². The van der Waals surface area contributed by atoms with Gasteiger partial charge in [0, 0.05) is 0 Å². The van der Waals surface area contributed by atoms with Gasteiger partial charge < -0.3 is 9.22 Å². The van der Waals surface area contributed by atoms with Crippen molar-refractivity contribution >= 4 is 0 Å². The van der Waals surface area contributed by atoms with Gasteiger partial charge in [-0.05, 0) is 37.0 Å². The van der Waals surface area contributed by atoms with Gasteiger partial charge in [-0.1, -0.05) is 19.1 Å². The van der Waals surface area contributed by atoms with E-state index in [4.69, 9.17) is 4.74 Å². The van der Waals surface area contributed by atoms with Crippen LogP contribution < -0.4 is 4.74 Å². The Bertz CT molecular complexity index is 311. The van der Waals surface area contributed by atoms with Gasteiger partial charge in [0.1, 0.15) is 5.75 Å². The second-order valence-electron chi connectivity index (χ2n) is 5.57. The second kappa shape index (κ2) is 6.65. The van der Waals surface area contributed by atoms with E-state index >= 15 is 0 Å². The van der Waals surface area contributed by atoms with Crippen molar-refractivity contribution in [3.05, 3.63) is 29.8 Å². The Morgan fingerprint density at radius 3 is 2.18 bits per heavy atom. The molecule has 0 spiro atoms. The first-order chi connectivity index (χ1) is 8.01. The third-order valence-electron chi connectivity index (χ3n) is 2.82. The molecule has 1 aromatic carbocycles. The molecule has 0 saturated heterocycles. The van der Waals surface area contributed by atoms with Gasteiger partial charge in [-0.2, -0.15) is 0 Å². The SMILES string of the molecule is CCc1ccc(OCCCC[N+](C)(C)C)cc1. The van der Waals surface area contributed by atoms with Gasteiger partial charge in [-0.25, -0.2) is 0 Å².